The van der Waals surface area contributed by atoms with Crippen molar-refractivity contribution in [2.24, 2.45) is 11.8 Å². The molecule has 0 spiro atoms. The van der Waals surface area contributed by atoms with Gasteiger partial charge < -0.3 is 10.6 Å². The van der Waals surface area contributed by atoms with Gasteiger partial charge in [-0.2, -0.15) is 4.98 Å². The molecular weight excluding hydrogens is 200 g/mol. The Morgan fingerprint density at radius 2 is 1.81 bits per heavy atom. The van der Waals surface area contributed by atoms with Gasteiger partial charge in [-0.25, -0.2) is 4.98 Å². The first-order valence-electron chi connectivity index (χ1n) is 6.15. The van der Waals surface area contributed by atoms with Gasteiger partial charge in [-0.3, -0.25) is 0 Å². The summed E-state index contributed by atoms with van der Waals surface area (Å²) in [6.45, 7) is 2.22. The molecule has 0 aliphatic heterocycles. The monoisotopic (exact) mass is 218 g/mol. The minimum absolute atomic E-state index is 0.571. The maximum Gasteiger partial charge on any atom is 0.227 e. The summed E-state index contributed by atoms with van der Waals surface area (Å²) in [7, 11) is 0. The summed E-state index contributed by atoms with van der Waals surface area (Å²) < 4.78 is 0. The molecule has 16 heavy (non-hydrogen) atoms. The lowest BCUT2D eigenvalue weighted by molar-refractivity contribution is 0.662. The molecule has 2 N–H and O–H groups in total. The molecule has 1 aromatic heterocycles. The summed E-state index contributed by atoms with van der Waals surface area (Å²) in [5, 5.41) is 0. The zero-order chi connectivity index (χ0) is 11.0. The average Bonchev–Trinajstić information content (AvgIpc) is 3.11. The van der Waals surface area contributed by atoms with E-state index in [-0.39, 0.29) is 0 Å². The Morgan fingerprint density at radius 3 is 2.31 bits per heavy atom. The van der Waals surface area contributed by atoms with E-state index < -0.39 is 0 Å². The van der Waals surface area contributed by atoms with E-state index in [9.17, 15) is 0 Å². The first kappa shape index (κ1) is 9.87. The Bertz CT molecular complexity index is 357. The van der Waals surface area contributed by atoms with Crippen molar-refractivity contribution in [1.29, 1.82) is 0 Å². The average molecular weight is 218 g/mol. The molecule has 0 amide bonds. The van der Waals surface area contributed by atoms with E-state index in [0.29, 0.717) is 5.82 Å². The number of nitrogens with two attached hydrogens (primary N) is 1. The summed E-state index contributed by atoms with van der Waals surface area (Å²) >= 11 is 0. The lowest BCUT2D eigenvalue weighted by Crippen LogP contribution is -2.29. The minimum atomic E-state index is 0.571. The smallest absolute Gasteiger partial charge is 0.227 e. The van der Waals surface area contributed by atoms with Crippen LogP contribution in [0.2, 0.25) is 0 Å². The number of anilines is 2. The standard InChI is InChI=1S/C12H18N4/c13-11-5-6-14-12(15-11)16(7-9-1-2-9)8-10-3-4-10/h5-6,9-10H,1-4,7-8H2,(H2,13,14,15). The van der Waals surface area contributed by atoms with Gasteiger partial charge in [0.1, 0.15) is 5.82 Å². The molecular formula is C12H18N4. The van der Waals surface area contributed by atoms with Gasteiger partial charge in [0.05, 0.1) is 0 Å². The molecule has 86 valence electrons. The number of nitrogen functional groups attached to an aromatic ring is 1. The summed E-state index contributed by atoms with van der Waals surface area (Å²) in [6, 6.07) is 1.75. The first-order chi connectivity index (χ1) is 7.81. The molecule has 4 heteroatoms. The Balaban J connectivity index is 1.73. The minimum Gasteiger partial charge on any atom is -0.384 e. The molecule has 2 aliphatic rings. The van der Waals surface area contributed by atoms with E-state index in [4.69, 9.17) is 5.73 Å². The number of nitrogens with zero attached hydrogens (tertiary/aromatic N) is 3. The summed E-state index contributed by atoms with van der Waals surface area (Å²) in [4.78, 5) is 11.0. The molecule has 2 aliphatic carbocycles. The van der Waals surface area contributed by atoms with Crippen molar-refractivity contribution in [2.75, 3.05) is 23.7 Å². The largest absolute Gasteiger partial charge is 0.384 e. The highest BCUT2D eigenvalue weighted by Gasteiger charge is 2.30. The summed E-state index contributed by atoms with van der Waals surface area (Å²) in [6.07, 6.45) is 7.21. The van der Waals surface area contributed by atoms with Gasteiger partial charge in [0.2, 0.25) is 5.95 Å². The van der Waals surface area contributed by atoms with Crippen LogP contribution in [-0.4, -0.2) is 23.1 Å². The highest BCUT2D eigenvalue weighted by molar-refractivity contribution is 5.38. The van der Waals surface area contributed by atoms with Crippen molar-refractivity contribution in [3.63, 3.8) is 0 Å². The number of hydrogen-bond donors (Lipinski definition) is 1. The molecule has 0 atom stereocenters. The fraction of sp³-hybridized carbons (Fsp3) is 0.667. The van der Waals surface area contributed by atoms with Gasteiger partial charge in [-0.05, 0) is 43.6 Å². The molecule has 1 heterocycles. The Labute approximate surface area is 95.9 Å². The second-order valence-corrected chi connectivity index (χ2v) is 5.07. The highest BCUT2D eigenvalue weighted by Crippen LogP contribution is 2.34. The second kappa shape index (κ2) is 3.92. The predicted molar refractivity (Wildman–Crippen MR) is 64.1 cm³/mol. The van der Waals surface area contributed by atoms with Crippen LogP contribution < -0.4 is 10.6 Å². The van der Waals surface area contributed by atoms with Gasteiger partial charge in [0.25, 0.3) is 0 Å². The third kappa shape index (κ3) is 2.43. The fourth-order valence-corrected chi connectivity index (χ4v) is 1.98. The number of rotatable bonds is 5. The zero-order valence-electron chi connectivity index (χ0n) is 9.47. The Kier molecular flexibility index (Phi) is 2.42. The SMILES string of the molecule is Nc1ccnc(N(CC2CC2)CC2CC2)n1. The van der Waals surface area contributed by atoms with Gasteiger partial charge in [0.15, 0.2) is 0 Å². The van der Waals surface area contributed by atoms with Crippen molar-refractivity contribution in [1.82, 2.24) is 9.97 Å². The van der Waals surface area contributed by atoms with Gasteiger partial charge >= 0.3 is 0 Å². The molecule has 0 unspecified atom stereocenters. The molecule has 1 aromatic rings. The Hall–Kier alpha value is -1.32. The van der Waals surface area contributed by atoms with Crippen molar-refractivity contribution in [2.45, 2.75) is 25.7 Å². The number of aromatic nitrogens is 2. The van der Waals surface area contributed by atoms with E-state index in [1.807, 2.05) is 0 Å². The molecule has 2 fully saturated rings. The van der Waals surface area contributed by atoms with Crippen LogP contribution in [0.25, 0.3) is 0 Å². The summed E-state index contributed by atoms with van der Waals surface area (Å²) in [5.74, 6) is 3.12. The third-order valence-corrected chi connectivity index (χ3v) is 3.30. The van der Waals surface area contributed by atoms with Crippen LogP contribution in [0.15, 0.2) is 12.3 Å². The van der Waals surface area contributed by atoms with Gasteiger partial charge in [-0.1, -0.05) is 0 Å². The van der Waals surface area contributed by atoms with Crippen LogP contribution in [-0.2, 0) is 0 Å². The molecule has 0 bridgehead atoms. The Morgan fingerprint density at radius 1 is 1.19 bits per heavy atom. The van der Waals surface area contributed by atoms with E-state index >= 15 is 0 Å². The lowest BCUT2D eigenvalue weighted by atomic mass is 10.3. The first-order valence-corrected chi connectivity index (χ1v) is 6.15. The second-order valence-electron chi connectivity index (χ2n) is 5.07. The van der Waals surface area contributed by atoms with Crippen molar-refractivity contribution < 1.29 is 0 Å². The van der Waals surface area contributed by atoms with E-state index in [1.54, 1.807) is 12.3 Å². The van der Waals surface area contributed by atoms with Crippen LogP contribution in [0.4, 0.5) is 11.8 Å². The molecule has 0 aromatic carbocycles. The molecule has 0 saturated heterocycles. The van der Waals surface area contributed by atoms with E-state index in [2.05, 4.69) is 14.9 Å². The fourth-order valence-electron chi connectivity index (χ4n) is 1.98. The third-order valence-electron chi connectivity index (χ3n) is 3.30. The summed E-state index contributed by atoms with van der Waals surface area (Å²) in [5.41, 5.74) is 5.71. The van der Waals surface area contributed by atoms with Crippen molar-refractivity contribution in [3.8, 4) is 0 Å². The van der Waals surface area contributed by atoms with E-state index in [1.165, 1.54) is 25.7 Å². The molecule has 4 nitrogen and oxygen atoms in total. The van der Waals surface area contributed by atoms with Crippen LogP contribution in [0.1, 0.15) is 25.7 Å². The molecule has 2 saturated carbocycles. The van der Waals surface area contributed by atoms with E-state index in [0.717, 1.165) is 30.9 Å². The maximum atomic E-state index is 5.71. The zero-order valence-corrected chi connectivity index (χ0v) is 9.47. The quantitative estimate of drug-likeness (QED) is 0.817. The molecule has 3 rings (SSSR count). The normalized spacial score (nSPS) is 19.8. The van der Waals surface area contributed by atoms with Crippen LogP contribution in [0, 0.1) is 11.8 Å². The van der Waals surface area contributed by atoms with Crippen LogP contribution in [0.3, 0.4) is 0 Å². The van der Waals surface area contributed by atoms with Crippen LogP contribution >= 0.6 is 0 Å². The molecule has 0 radical (unpaired) electrons. The predicted octanol–water partition coefficient (Wildman–Crippen LogP) is 1.69. The van der Waals surface area contributed by atoms with Crippen molar-refractivity contribution in [3.05, 3.63) is 12.3 Å². The number of hydrogen-bond acceptors (Lipinski definition) is 4. The lowest BCUT2D eigenvalue weighted by Gasteiger charge is -2.22. The highest BCUT2D eigenvalue weighted by atomic mass is 15.3. The van der Waals surface area contributed by atoms with Crippen LogP contribution in [0.5, 0.6) is 0 Å². The van der Waals surface area contributed by atoms with Gasteiger partial charge in [0, 0.05) is 19.3 Å². The maximum absolute atomic E-state index is 5.71. The van der Waals surface area contributed by atoms with Gasteiger partial charge in [-0.15, -0.1) is 0 Å². The van der Waals surface area contributed by atoms with Crippen molar-refractivity contribution >= 4 is 11.8 Å². The topological polar surface area (TPSA) is 55.0 Å².